The fraction of sp³-hybridized carbons (Fsp3) is 0.355. The Morgan fingerprint density at radius 2 is 1.81 bits per heavy atom. The van der Waals surface area contributed by atoms with Crippen LogP contribution < -0.4 is 4.74 Å². The topological polar surface area (TPSA) is 50.6 Å². The van der Waals surface area contributed by atoms with Crippen LogP contribution in [0.1, 0.15) is 47.8 Å². The molecule has 1 amide bonds. The van der Waals surface area contributed by atoms with Gasteiger partial charge in [-0.1, -0.05) is 68.3 Å². The highest BCUT2D eigenvalue weighted by atomic mass is 16.5. The molecule has 0 radical (unpaired) electrons. The van der Waals surface area contributed by atoms with E-state index >= 15 is 0 Å². The van der Waals surface area contributed by atoms with Gasteiger partial charge in [0.25, 0.3) is 5.91 Å². The maximum Gasteiger partial charge on any atom is 0.254 e. The molecule has 3 aromatic carbocycles. The number of methoxy groups -OCH3 is 1. The summed E-state index contributed by atoms with van der Waals surface area (Å²) in [5.41, 5.74) is 3.22. The lowest BCUT2D eigenvalue weighted by molar-refractivity contribution is 0.0429. The monoisotopic (exact) mass is 496 g/mol. The first-order chi connectivity index (χ1) is 18.2. The first kappa shape index (κ1) is 25.0. The van der Waals surface area contributed by atoms with Crippen molar-refractivity contribution < 1.29 is 9.53 Å². The zero-order valence-corrected chi connectivity index (χ0v) is 21.8. The van der Waals surface area contributed by atoms with Crippen molar-refractivity contribution in [2.75, 3.05) is 26.7 Å². The molecule has 192 valence electrons. The van der Waals surface area contributed by atoms with Crippen molar-refractivity contribution in [2.24, 2.45) is 0 Å². The normalized spacial score (nSPS) is 16.3. The number of hydrogen-bond acceptors (Lipinski definition) is 4. The molecule has 6 heteroatoms. The van der Waals surface area contributed by atoms with Crippen LogP contribution in [-0.4, -0.2) is 58.0 Å². The molecule has 1 atom stereocenters. The van der Waals surface area contributed by atoms with Crippen molar-refractivity contribution in [3.8, 4) is 5.75 Å². The van der Waals surface area contributed by atoms with E-state index in [1.165, 1.54) is 11.3 Å². The number of fused-ring (bicyclic) bond motifs is 1. The fourth-order valence-electron chi connectivity index (χ4n) is 5.34. The largest absolute Gasteiger partial charge is 0.497 e. The number of piperazine rings is 1. The van der Waals surface area contributed by atoms with E-state index < -0.39 is 0 Å². The maximum absolute atomic E-state index is 13.6. The Labute approximate surface area is 219 Å². The van der Waals surface area contributed by atoms with Gasteiger partial charge in [-0.25, -0.2) is 4.98 Å². The Kier molecular flexibility index (Phi) is 7.85. The molecule has 1 aliphatic heterocycles. The second-order valence-electron chi connectivity index (χ2n) is 9.91. The molecule has 1 aromatic heterocycles. The predicted molar refractivity (Wildman–Crippen MR) is 148 cm³/mol. The van der Waals surface area contributed by atoms with Crippen LogP contribution in [0.2, 0.25) is 0 Å². The molecular formula is C31H36N4O2. The lowest BCUT2D eigenvalue weighted by atomic mass is 10.0. The quantitative estimate of drug-likeness (QED) is 0.302. The van der Waals surface area contributed by atoms with Crippen molar-refractivity contribution in [2.45, 2.75) is 45.3 Å². The molecule has 0 N–H and O–H groups in total. The van der Waals surface area contributed by atoms with Crippen LogP contribution in [0.25, 0.3) is 10.8 Å². The van der Waals surface area contributed by atoms with Crippen molar-refractivity contribution >= 4 is 16.7 Å². The summed E-state index contributed by atoms with van der Waals surface area (Å²) < 4.78 is 7.52. The Bertz CT molecular complexity index is 1330. The van der Waals surface area contributed by atoms with E-state index in [1.807, 2.05) is 48.9 Å². The lowest BCUT2D eigenvalue weighted by Crippen LogP contribution is -2.54. The molecule has 5 rings (SSSR count). The molecule has 1 unspecified atom stereocenters. The average molecular weight is 497 g/mol. The number of nitrogens with zero attached hydrogens (tertiary/aromatic N) is 4. The van der Waals surface area contributed by atoms with E-state index in [4.69, 9.17) is 4.74 Å². The van der Waals surface area contributed by atoms with Gasteiger partial charge >= 0.3 is 0 Å². The number of rotatable bonds is 9. The van der Waals surface area contributed by atoms with Crippen LogP contribution in [0.5, 0.6) is 5.75 Å². The fourth-order valence-corrected chi connectivity index (χ4v) is 5.34. The Morgan fingerprint density at radius 1 is 1.00 bits per heavy atom. The summed E-state index contributed by atoms with van der Waals surface area (Å²) in [5, 5.41) is 2.14. The number of imidazole rings is 1. The van der Waals surface area contributed by atoms with Gasteiger partial charge in [-0.3, -0.25) is 9.69 Å². The molecule has 2 heterocycles. The highest BCUT2D eigenvalue weighted by Gasteiger charge is 2.30. The standard InChI is InChI=1S/C31H36N4O2/c1-3-4-10-26-21-34(31(36)30-12-7-9-25-8-5-6-11-29(25)30)18-17-33(26)22-27-19-32-23-35(27)20-24-13-15-28(37-2)16-14-24/h5-9,11-16,19,23,26H,3-4,10,17-18,20-22H2,1-2H3. The number of aromatic nitrogens is 2. The van der Waals surface area contributed by atoms with Crippen molar-refractivity contribution in [3.05, 3.63) is 96.1 Å². The number of amides is 1. The third-order valence-electron chi connectivity index (χ3n) is 7.48. The number of ether oxygens (including phenoxy) is 1. The minimum absolute atomic E-state index is 0.141. The van der Waals surface area contributed by atoms with Crippen LogP contribution in [0.4, 0.5) is 0 Å². The minimum Gasteiger partial charge on any atom is -0.497 e. The molecule has 1 saturated heterocycles. The number of carbonyl (C=O) groups excluding carboxylic acids is 1. The Balaban J connectivity index is 1.30. The minimum atomic E-state index is 0.141. The summed E-state index contributed by atoms with van der Waals surface area (Å²) in [5.74, 6) is 1.01. The van der Waals surface area contributed by atoms with Gasteiger partial charge in [0.2, 0.25) is 0 Å². The summed E-state index contributed by atoms with van der Waals surface area (Å²) >= 11 is 0. The molecule has 0 bridgehead atoms. The zero-order chi connectivity index (χ0) is 25.6. The smallest absolute Gasteiger partial charge is 0.254 e. The first-order valence-electron chi connectivity index (χ1n) is 13.3. The van der Waals surface area contributed by atoms with Gasteiger partial charge in [0, 0.05) is 50.5 Å². The highest BCUT2D eigenvalue weighted by molar-refractivity contribution is 6.07. The molecule has 6 nitrogen and oxygen atoms in total. The highest BCUT2D eigenvalue weighted by Crippen LogP contribution is 2.24. The van der Waals surface area contributed by atoms with Crippen LogP contribution in [0.3, 0.4) is 0 Å². The molecular weight excluding hydrogens is 460 g/mol. The van der Waals surface area contributed by atoms with Gasteiger partial charge in [0.1, 0.15) is 5.75 Å². The van der Waals surface area contributed by atoms with Gasteiger partial charge in [-0.05, 0) is 41.0 Å². The second kappa shape index (κ2) is 11.6. The summed E-state index contributed by atoms with van der Waals surface area (Å²) in [6, 6.07) is 22.7. The number of benzene rings is 3. The second-order valence-corrected chi connectivity index (χ2v) is 9.91. The van der Waals surface area contributed by atoms with Crippen molar-refractivity contribution in [1.29, 1.82) is 0 Å². The van der Waals surface area contributed by atoms with Gasteiger partial charge in [0.05, 0.1) is 19.1 Å². The Morgan fingerprint density at radius 3 is 2.62 bits per heavy atom. The van der Waals surface area contributed by atoms with Gasteiger partial charge in [-0.2, -0.15) is 0 Å². The molecule has 4 aromatic rings. The number of unbranched alkanes of at least 4 members (excludes halogenated alkanes) is 1. The molecule has 0 aliphatic carbocycles. The van der Waals surface area contributed by atoms with Crippen LogP contribution in [-0.2, 0) is 13.1 Å². The third kappa shape index (κ3) is 5.70. The van der Waals surface area contributed by atoms with Crippen molar-refractivity contribution in [3.63, 3.8) is 0 Å². The average Bonchev–Trinajstić information content (AvgIpc) is 3.38. The molecule has 0 saturated carbocycles. The van der Waals surface area contributed by atoms with Gasteiger partial charge < -0.3 is 14.2 Å². The summed E-state index contributed by atoms with van der Waals surface area (Å²) in [6.07, 6.45) is 7.29. The van der Waals surface area contributed by atoms with Crippen LogP contribution in [0.15, 0.2) is 79.3 Å². The van der Waals surface area contributed by atoms with E-state index in [9.17, 15) is 4.79 Å². The van der Waals surface area contributed by atoms with E-state index in [0.29, 0.717) is 6.04 Å². The summed E-state index contributed by atoms with van der Waals surface area (Å²) in [7, 11) is 1.69. The summed E-state index contributed by atoms with van der Waals surface area (Å²) in [4.78, 5) is 22.7. The lowest BCUT2D eigenvalue weighted by Gasteiger charge is -2.41. The number of hydrogen-bond donors (Lipinski definition) is 0. The zero-order valence-electron chi connectivity index (χ0n) is 21.8. The molecule has 37 heavy (non-hydrogen) atoms. The SMILES string of the molecule is CCCCC1CN(C(=O)c2cccc3ccccc23)CCN1Cc1cncn1Cc1ccc(OC)cc1. The van der Waals surface area contributed by atoms with Gasteiger partial charge in [0.15, 0.2) is 0 Å². The van der Waals surface area contributed by atoms with E-state index in [0.717, 1.165) is 74.1 Å². The molecule has 1 aliphatic rings. The summed E-state index contributed by atoms with van der Waals surface area (Å²) in [6.45, 7) is 6.19. The van der Waals surface area contributed by atoms with E-state index in [2.05, 4.69) is 56.6 Å². The van der Waals surface area contributed by atoms with Crippen molar-refractivity contribution in [1.82, 2.24) is 19.4 Å². The van der Waals surface area contributed by atoms with Gasteiger partial charge in [-0.15, -0.1) is 0 Å². The van der Waals surface area contributed by atoms with E-state index in [1.54, 1.807) is 7.11 Å². The third-order valence-corrected chi connectivity index (χ3v) is 7.48. The molecule has 0 spiro atoms. The Hall–Kier alpha value is -3.64. The van der Waals surface area contributed by atoms with E-state index in [-0.39, 0.29) is 5.91 Å². The van der Waals surface area contributed by atoms with Crippen LogP contribution in [0, 0.1) is 0 Å². The molecule has 1 fully saturated rings. The van der Waals surface area contributed by atoms with Crippen LogP contribution >= 0.6 is 0 Å². The number of carbonyl (C=O) groups is 1. The first-order valence-corrected chi connectivity index (χ1v) is 13.3. The maximum atomic E-state index is 13.6. The predicted octanol–water partition coefficient (Wildman–Crippen LogP) is 5.61.